The Morgan fingerprint density at radius 3 is 2.64 bits per heavy atom. The Hall–Kier alpha value is -2.28. The predicted octanol–water partition coefficient (Wildman–Crippen LogP) is 2.50. The second-order valence-electron chi connectivity index (χ2n) is 4.44. The summed E-state index contributed by atoms with van der Waals surface area (Å²) in [5, 5.41) is 2.77. The summed E-state index contributed by atoms with van der Waals surface area (Å²) in [4.78, 5) is 26.5. The van der Waals surface area contributed by atoms with Gasteiger partial charge in [0.15, 0.2) is 0 Å². The van der Waals surface area contributed by atoms with E-state index in [9.17, 15) is 9.59 Å². The monoisotopic (exact) mass is 366 g/mol. The lowest BCUT2D eigenvalue weighted by Gasteiger charge is -2.10. The van der Waals surface area contributed by atoms with Crippen molar-refractivity contribution in [1.29, 1.82) is 0 Å². The van der Waals surface area contributed by atoms with E-state index < -0.39 is 5.97 Å². The third-order valence-electron chi connectivity index (χ3n) is 3.01. The fourth-order valence-corrected chi connectivity index (χ4v) is 2.25. The molecule has 1 amide bonds. The van der Waals surface area contributed by atoms with Gasteiger partial charge in [0, 0.05) is 17.2 Å². The van der Waals surface area contributed by atoms with E-state index in [0.717, 1.165) is 10.0 Å². The van der Waals surface area contributed by atoms with Gasteiger partial charge in [-0.2, -0.15) is 0 Å². The van der Waals surface area contributed by atoms with Gasteiger partial charge in [-0.3, -0.25) is 4.79 Å². The molecule has 7 heteroatoms. The number of ether oxygens (including phenoxy) is 2. The first-order valence-corrected chi connectivity index (χ1v) is 7.21. The molecule has 0 unspecified atom stereocenters. The quantitative estimate of drug-likeness (QED) is 0.796. The Morgan fingerprint density at radius 2 is 2.05 bits per heavy atom. The maximum Gasteiger partial charge on any atom is 0.341 e. The number of benzene rings is 1. The normalized spacial score (nSPS) is 10.1. The molecule has 2 rings (SSSR count). The molecule has 0 atom stereocenters. The molecule has 0 aliphatic rings. The van der Waals surface area contributed by atoms with Crippen LogP contribution in [0.2, 0.25) is 0 Å². The summed E-state index contributed by atoms with van der Waals surface area (Å²) < 4.78 is 10.6. The van der Waals surface area contributed by atoms with Crippen LogP contribution in [0.25, 0.3) is 0 Å². The summed E-state index contributed by atoms with van der Waals surface area (Å²) in [6.45, 7) is 0.281. The number of aromatic amines is 1. The van der Waals surface area contributed by atoms with Crippen molar-refractivity contribution in [3.63, 3.8) is 0 Å². The van der Waals surface area contributed by atoms with E-state index in [1.807, 2.05) is 0 Å². The van der Waals surface area contributed by atoms with Gasteiger partial charge in [0.05, 0.1) is 14.2 Å². The highest BCUT2D eigenvalue weighted by molar-refractivity contribution is 9.10. The second kappa shape index (κ2) is 7.13. The molecule has 0 saturated carbocycles. The molecule has 116 valence electrons. The SMILES string of the molecule is COC(=O)c1cc(CNC(=O)c2cc(Br)c[nH]2)ccc1OC. The summed E-state index contributed by atoms with van der Waals surface area (Å²) in [5.74, 6) is -0.297. The van der Waals surface area contributed by atoms with Gasteiger partial charge in [-0.05, 0) is 39.7 Å². The molecule has 0 fully saturated rings. The van der Waals surface area contributed by atoms with Gasteiger partial charge in [0.2, 0.25) is 0 Å². The van der Waals surface area contributed by atoms with Crippen molar-refractivity contribution >= 4 is 27.8 Å². The molecule has 22 heavy (non-hydrogen) atoms. The van der Waals surface area contributed by atoms with Crippen molar-refractivity contribution in [2.75, 3.05) is 14.2 Å². The zero-order valence-corrected chi connectivity index (χ0v) is 13.7. The number of hydrogen-bond donors (Lipinski definition) is 2. The number of rotatable bonds is 5. The molecule has 2 aromatic rings. The van der Waals surface area contributed by atoms with E-state index in [2.05, 4.69) is 26.2 Å². The fraction of sp³-hybridized carbons (Fsp3) is 0.200. The van der Waals surface area contributed by atoms with Crippen molar-refractivity contribution in [2.45, 2.75) is 6.54 Å². The van der Waals surface area contributed by atoms with Crippen LogP contribution in [0.4, 0.5) is 0 Å². The maximum absolute atomic E-state index is 11.9. The zero-order chi connectivity index (χ0) is 16.1. The molecule has 1 heterocycles. The minimum atomic E-state index is -0.488. The number of hydrogen-bond acceptors (Lipinski definition) is 4. The van der Waals surface area contributed by atoms with Gasteiger partial charge in [-0.25, -0.2) is 4.79 Å². The molecule has 0 spiro atoms. The average molecular weight is 367 g/mol. The Bertz CT molecular complexity index is 697. The highest BCUT2D eigenvalue weighted by Gasteiger charge is 2.14. The number of esters is 1. The van der Waals surface area contributed by atoms with Gasteiger partial charge in [0.1, 0.15) is 17.0 Å². The van der Waals surface area contributed by atoms with Crippen LogP contribution in [0.3, 0.4) is 0 Å². The van der Waals surface area contributed by atoms with Crippen LogP contribution in [0.5, 0.6) is 5.75 Å². The van der Waals surface area contributed by atoms with Crippen LogP contribution in [0, 0.1) is 0 Å². The van der Waals surface area contributed by atoms with Crippen molar-refractivity contribution in [1.82, 2.24) is 10.3 Å². The third-order valence-corrected chi connectivity index (χ3v) is 3.47. The number of H-pyrrole nitrogens is 1. The number of methoxy groups -OCH3 is 2. The molecule has 0 radical (unpaired) electrons. The summed E-state index contributed by atoms with van der Waals surface area (Å²) >= 11 is 3.27. The van der Waals surface area contributed by atoms with E-state index in [4.69, 9.17) is 9.47 Å². The van der Waals surface area contributed by atoms with Crippen LogP contribution in [-0.2, 0) is 11.3 Å². The zero-order valence-electron chi connectivity index (χ0n) is 12.1. The van der Waals surface area contributed by atoms with Crippen LogP contribution in [-0.4, -0.2) is 31.1 Å². The van der Waals surface area contributed by atoms with Crippen LogP contribution in [0.15, 0.2) is 34.9 Å². The first-order valence-electron chi connectivity index (χ1n) is 6.42. The first-order chi connectivity index (χ1) is 10.5. The molecular weight excluding hydrogens is 352 g/mol. The predicted molar refractivity (Wildman–Crippen MR) is 84.0 cm³/mol. The number of nitrogens with one attached hydrogen (secondary N) is 2. The van der Waals surface area contributed by atoms with Gasteiger partial charge in [-0.15, -0.1) is 0 Å². The maximum atomic E-state index is 11.9. The van der Waals surface area contributed by atoms with E-state index in [0.29, 0.717) is 17.0 Å². The van der Waals surface area contributed by atoms with Crippen molar-refractivity contribution in [3.8, 4) is 5.75 Å². The first kappa shape index (κ1) is 16.1. The van der Waals surface area contributed by atoms with Crippen LogP contribution >= 0.6 is 15.9 Å². The van der Waals surface area contributed by atoms with E-state index in [1.54, 1.807) is 30.5 Å². The molecule has 1 aromatic heterocycles. The molecule has 6 nitrogen and oxygen atoms in total. The molecule has 0 bridgehead atoms. The van der Waals surface area contributed by atoms with Gasteiger partial charge < -0.3 is 19.8 Å². The largest absolute Gasteiger partial charge is 0.496 e. The Balaban J connectivity index is 2.10. The number of carbonyl (C=O) groups is 2. The van der Waals surface area contributed by atoms with Crippen LogP contribution < -0.4 is 10.1 Å². The number of carbonyl (C=O) groups excluding carboxylic acids is 2. The number of amides is 1. The minimum absolute atomic E-state index is 0.235. The van der Waals surface area contributed by atoms with Crippen molar-refractivity contribution < 1.29 is 19.1 Å². The number of aromatic nitrogens is 1. The number of halogens is 1. The summed E-state index contributed by atoms with van der Waals surface area (Å²) in [7, 11) is 2.78. The Morgan fingerprint density at radius 1 is 1.27 bits per heavy atom. The summed E-state index contributed by atoms with van der Waals surface area (Å²) in [6.07, 6.45) is 1.68. The lowest BCUT2D eigenvalue weighted by Crippen LogP contribution is -2.23. The molecule has 1 aromatic carbocycles. The lowest BCUT2D eigenvalue weighted by atomic mass is 10.1. The lowest BCUT2D eigenvalue weighted by molar-refractivity contribution is 0.0597. The molecule has 0 aliphatic heterocycles. The summed E-state index contributed by atoms with van der Waals surface area (Å²) in [5.41, 5.74) is 1.54. The van der Waals surface area contributed by atoms with Gasteiger partial charge in [0.25, 0.3) is 5.91 Å². The molecule has 2 N–H and O–H groups in total. The molecule has 0 aliphatic carbocycles. The minimum Gasteiger partial charge on any atom is -0.496 e. The van der Waals surface area contributed by atoms with E-state index >= 15 is 0 Å². The van der Waals surface area contributed by atoms with Crippen LogP contribution in [0.1, 0.15) is 26.4 Å². The van der Waals surface area contributed by atoms with E-state index in [-0.39, 0.29) is 12.5 Å². The standard InChI is InChI=1S/C15H15BrN2O4/c1-21-13-4-3-9(5-11(13)15(20)22-2)7-18-14(19)12-6-10(16)8-17-12/h3-6,8,17H,7H2,1-2H3,(H,18,19). The van der Waals surface area contributed by atoms with Gasteiger partial charge in [-0.1, -0.05) is 6.07 Å². The summed E-state index contributed by atoms with van der Waals surface area (Å²) in [6, 6.07) is 6.76. The highest BCUT2D eigenvalue weighted by Crippen LogP contribution is 2.21. The van der Waals surface area contributed by atoms with E-state index in [1.165, 1.54) is 14.2 Å². The highest BCUT2D eigenvalue weighted by atomic mass is 79.9. The third kappa shape index (κ3) is 3.67. The van der Waals surface area contributed by atoms with Crippen molar-refractivity contribution in [2.24, 2.45) is 0 Å². The fourth-order valence-electron chi connectivity index (χ4n) is 1.91. The van der Waals surface area contributed by atoms with Crippen molar-refractivity contribution in [3.05, 3.63) is 51.8 Å². The Labute approximate surface area is 135 Å². The van der Waals surface area contributed by atoms with Gasteiger partial charge >= 0.3 is 5.97 Å². The average Bonchev–Trinajstić information content (AvgIpc) is 2.98. The molecule has 0 saturated heterocycles. The Kier molecular flexibility index (Phi) is 5.21. The second-order valence-corrected chi connectivity index (χ2v) is 5.36. The smallest absolute Gasteiger partial charge is 0.341 e. The topological polar surface area (TPSA) is 80.4 Å². The molecular formula is C15H15BrN2O4.